The van der Waals surface area contributed by atoms with Crippen LogP contribution in [0.3, 0.4) is 0 Å². The van der Waals surface area contributed by atoms with Crippen LogP contribution < -0.4 is 4.90 Å². The summed E-state index contributed by atoms with van der Waals surface area (Å²) in [7, 11) is -3.26. The Kier molecular flexibility index (Phi) is 4.24. The predicted molar refractivity (Wildman–Crippen MR) is 86.0 cm³/mol. The van der Waals surface area contributed by atoms with Crippen LogP contribution in [-0.4, -0.2) is 54.1 Å². The fourth-order valence-electron chi connectivity index (χ4n) is 3.30. The standard InChI is InChI=1S/C14H20N4O4S/c1-11-8-12(18(19)20)9-15-14(11)16-7-4-13(10-16)23(21,22)17-5-2-3-6-17/h8-9,13H,2-7,10H2,1H3/t13-/m0/s1. The topological polar surface area (TPSA) is 96.6 Å². The third-order valence-corrected chi connectivity index (χ3v) is 6.85. The SMILES string of the molecule is Cc1cc([N+](=O)[O-])cnc1N1CC[C@H](S(=O)(=O)N2CCCC2)C1. The van der Waals surface area contributed by atoms with Gasteiger partial charge in [-0.15, -0.1) is 0 Å². The Labute approximate surface area is 135 Å². The molecule has 0 unspecified atom stereocenters. The molecule has 3 rings (SSSR count). The van der Waals surface area contributed by atoms with Crippen LogP contribution in [0.5, 0.6) is 0 Å². The van der Waals surface area contributed by atoms with Crippen LogP contribution in [0.25, 0.3) is 0 Å². The molecule has 0 spiro atoms. The Balaban J connectivity index is 1.76. The molecular formula is C14H20N4O4S. The van der Waals surface area contributed by atoms with E-state index in [9.17, 15) is 18.5 Å². The summed E-state index contributed by atoms with van der Waals surface area (Å²) in [6.07, 6.45) is 3.65. The number of rotatable bonds is 4. The zero-order chi connectivity index (χ0) is 16.6. The van der Waals surface area contributed by atoms with Crippen molar-refractivity contribution in [1.29, 1.82) is 0 Å². The van der Waals surface area contributed by atoms with Gasteiger partial charge in [0.05, 0.1) is 10.2 Å². The van der Waals surface area contributed by atoms with Crippen molar-refractivity contribution in [3.8, 4) is 0 Å². The lowest BCUT2D eigenvalue weighted by Crippen LogP contribution is -2.38. The largest absolute Gasteiger partial charge is 0.355 e. The van der Waals surface area contributed by atoms with Crippen molar-refractivity contribution in [2.75, 3.05) is 31.1 Å². The van der Waals surface area contributed by atoms with Crippen LogP contribution in [0.4, 0.5) is 11.5 Å². The molecule has 3 heterocycles. The Bertz CT molecular complexity index is 715. The highest BCUT2D eigenvalue weighted by molar-refractivity contribution is 7.89. The fourth-order valence-corrected chi connectivity index (χ4v) is 5.26. The van der Waals surface area contributed by atoms with Crippen molar-refractivity contribution in [3.63, 3.8) is 0 Å². The predicted octanol–water partition coefficient (Wildman–Crippen LogP) is 1.30. The van der Waals surface area contributed by atoms with E-state index in [-0.39, 0.29) is 5.69 Å². The monoisotopic (exact) mass is 340 g/mol. The molecule has 2 fully saturated rings. The molecule has 0 aliphatic carbocycles. The van der Waals surface area contributed by atoms with Crippen LogP contribution in [-0.2, 0) is 10.0 Å². The Morgan fingerprint density at radius 1 is 1.30 bits per heavy atom. The van der Waals surface area contributed by atoms with Crippen LogP contribution >= 0.6 is 0 Å². The number of nitrogens with zero attached hydrogens (tertiary/aromatic N) is 4. The van der Waals surface area contributed by atoms with Gasteiger partial charge in [0, 0.05) is 32.2 Å². The quantitative estimate of drug-likeness (QED) is 0.605. The van der Waals surface area contributed by atoms with Crippen LogP contribution in [0, 0.1) is 17.0 Å². The van der Waals surface area contributed by atoms with Gasteiger partial charge in [-0.25, -0.2) is 17.7 Å². The van der Waals surface area contributed by atoms with E-state index in [1.165, 1.54) is 12.3 Å². The Morgan fingerprint density at radius 3 is 2.61 bits per heavy atom. The van der Waals surface area contributed by atoms with Crippen molar-refractivity contribution >= 4 is 21.5 Å². The van der Waals surface area contributed by atoms with E-state index in [0.29, 0.717) is 44.0 Å². The van der Waals surface area contributed by atoms with Gasteiger partial charge in [-0.1, -0.05) is 0 Å². The summed E-state index contributed by atoms with van der Waals surface area (Å²) in [5.74, 6) is 0.634. The number of aryl methyl sites for hydroxylation is 1. The van der Waals surface area contributed by atoms with Gasteiger partial charge < -0.3 is 4.90 Å². The van der Waals surface area contributed by atoms with Crippen molar-refractivity contribution in [1.82, 2.24) is 9.29 Å². The third-order valence-electron chi connectivity index (χ3n) is 4.54. The van der Waals surface area contributed by atoms with E-state index in [0.717, 1.165) is 12.8 Å². The van der Waals surface area contributed by atoms with Crippen LogP contribution in [0.1, 0.15) is 24.8 Å². The number of anilines is 1. The van der Waals surface area contributed by atoms with E-state index in [2.05, 4.69) is 4.98 Å². The lowest BCUT2D eigenvalue weighted by Gasteiger charge is -2.22. The Morgan fingerprint density at radius 2 is 2.00 bits per heavy atom. The van der Waals surface area contributed by atoms with E-state index >= 15 is 0 Å². The summed E-state index contributed by atoms with van der Waals surface area (Å²) in [6, 6.07) is 1.48. The van der Waals surface area contributed by atoms with Gasteiger partial charge in [-0.2, -0.15) is 0 Å². The first-order valence-electron chi connectivity index (χ1n) is 7.74. The molecule has 1 aromatic heterocycles. The molecule has 2 aliphatic rings. The number of hydrogen-bond donors (Lipinski definition) is 0. The van der Waals surface area contributed by atoms with Gasteiger partial charge in [0.25, 0.3) is 5.69 Å². The fraction of sp³-hybridized carbons (Fsp3) is 0.643. The van der Waals surface area contributed by atoms with Crippen molar-refractivity contribution in [2.24, 2.45) is 0 Å². The van der Waals surface area contributed by atoms with Crippen LogP contribution in [0.15, 0.2) is 12.3 Å². The lowest BCUT2D eigenvalue weighted by molar-refractivity contribution is -0.385. The van der Waals surface area contributed by atoms with Crippen molar-refractivity contribution in [3.05, 3.63) is 27.9 Å². The van der Waals surface area contributed by atoms with E-state index in [1.54, 1.807) is 11.2 Å². The normalized spacial score (nSPS) is 22.7. The van der Waals surface area contributed by atoms with Gasteiger partial charge in [-0.05, 0) is 31.7 Å². The molecule has 1 aromatic rings. The van der Waals surface area contributed by atoms with Gasteiger partial charge in [0.2, 0.25) is 10.0 Å². The third kappa shape index (κ3) is 3.02. The number of aromatic nitrogens is 1. The average Bonchev–Trinajstić information content (AvgIpc) is 3.19. The molecule has 23 heavy (non-hydrogen) atoms. The minimum atomic E-state index is -3.26. The second-order valence-corrected chi connectivity index (χ2v) is 8.31. The second-order valence-electron chi connectivity index (χ2n) is 6.10. The molecule has 0 bridgehead atoms. The van der Waals surface area contributed by atoms with Gasteiger partial charge in [0.1, 0.15) is 12.0 Å². The minimum absolute atomic E-state index is 0.0494. The zero-order valence-electron chi connectivity index (χ0n) is 13.0. The summed E-state index contributed by atoms with van der Waals surface area (Å²) in [4.78, 5) is 16.4. The molecule has 0 amide bonds. The molecule has 2 saturated heterocycles. The maximum absolute atomic E-state index is 12.6. The Hall–Kier alpha value is -1.74. The first kappa shape index (κ1) is 16.1. The summed E-state index contributed by atoms with van der Waals surface area (Å²) >= 11 is 0. The minimum Gasteiger partial charge on any atom is -0.355 e. The molecule has 0 saturated carbocycles. The van der Waals surface area contributed by atoms with E-state index in [4.69, 9.17) is 0 Å². The smallest absolute Gasteiger partial charge is 0.287 e. The first-order valence-corrected chi connectivity index (χ1v) is 9.25. The number of nitro groups is 1. The molecule has 0 radical (unpaired) electrons. The number of sulfonamides is 1. The number of hydrogen-bond acceptors (Lipinski definition) is 6. The molecule has 8 nitrogen and oxygen atoms in total. The van der Waals surface area contributed by atoms with Gasteiger partial charge in [0.15, 0.2) is 0 Å². The highest BCUT2D eigenvalue weighted by Crippen LogP contribution is 2.29. The molecule has 0 aromatic carbocycles. The molecular weight excluding hydrogens is 320 g/mol. The number of pyridine rings is 1. The second kappa shape index (κ2) is 6.04. The van der Waals surface area contributed by atoms with E-state index < -0.39 is 20.2 Å². The van der Waals surface area contributed by atoms with Crippen molar-refractivity contribution < 1.29 is 13.3 Å². The molecule has 9 heteroatoms. The summed E-state index contributed by atoms with van der Waals surface area (Å²) < 4.78 is 26.9. The lowest BCUT2D eigenvalue weighted by atomic mass is 10.2. The highest BCUT2D eigenvalue weighted by atomic mass is 32.2. The van der Waals surface area contributed by atoms with Crippen molar-refractivity contribution in [2.45, 2.75) is 31.4 Å². The first-order chi connectivity index (χ1) is 10.9. The highest BCUT2D eigenvalue weighted by Gasteiger charge is 2.38. The maximum atomic E-state index is 12.6. The van der Waals surface area contributed by atoms with Gasteiger partial charge >= 0.3 is 0 Å². The zero-order valence-corrected chi connectivity index (χ0v) is 13.8. The summed E-state index contributed by atoms with van der Waals surface area (Å²) in [5.41, 5.74) is 0.644. The maximum Gasteiger partial charge on any atom is 0.287 e. The molecule has 0 N–H and O–H groups in total. The summed E-state index contributed by atoms with van der Waals surface area (Å²) in [5, 5.41) is 10.4. The van der Waals surface area contributed by atoms with E-state index in [1.807, 2.05) is 4.90 Å². The van der Waals surface area contributed by atoms with Crippen LogP contribution in [0.2, 0.25) is 0 Å². The van der Waals surface area contributed by atoms with Gasteiger partial charge in [-0.3, -0.25) is 10.1 Å². The molecule has 126 valence electrons. The molecule has 1 atom stereocenters. The average molecular weight is 340 g/mol. The molecule has 2 aliphatic heterocycles. The summed E-state index contributed by atoms with van der Waals surface area (Å²) in [6.45, 7) is 3.99.